The third-order valence-electron chi connectivity index (χ3n) is 1.50. The molecule has 0 radical (unpaired) electrons. The van der Waals surface area contributed by atoms with Crippen molar-refractivity contribution in [2.24, 2.45) is 0 Å². The minimum atomic E-state index is -1.33. The number of nitrogens with one attached hydrogen (secondary N) is 1. The molecule has 0 heterocycles. The van der Waals surface area contributed by atoms with E-state index in [1.54, 1.807) is 12.1 Å². The molecule has 1 aromatic carbocycles. The summed E-state index contributed by atoms with van der Waals surface area (Å²) in [5.41, 5.74) is 0.357. The van der Waals surface area contributed by atoms with Crippen LogP contribution in [0, 0.1) is 0 Å². The first-order valence-electron chi connectivity index (χ1n) is 3.83. The van der Waals surface area contributed by atoms with Gasteiger partial charge in [-0.05, 0) is 24.3 Å². The van der Waals surface area contributed by atoms with Gasteiger partial charge >= 0.3 is 18.9 Å². The number of aliphatic carboxylic acids is 1. The van der Waals surface area contributed by atoms with Crippen LogP contribution in [-0.2, 0) is 4.79 Å². The molecule has 0 atom stereocenters. The molecule has 0 aliphatic heterocycles. The third kappa shape index (κ3) is 4.89. The second-order valence-corrected chi connectivity index (χ2v) is 3.00. The molecule has 74 valence electrons. The summed E-state index contributed by atoms with van der Waals surface area (Å²) in [5, 5.41) is 12.7. The van der Waals surface area contributed by atoms with Gasteiger partial charge in [-0.2, -0.15) is 0 Å². The maximum absolute atomic E-state index is 11.2. The number of carboxylic acid groups (broad SMARTS) is 1. The molecule has 0 fully saturated rings. The SMILES string of the molecule is O=C([O-])CNC(=O)c1ccc(Cl)cc1.[Li+]. The number of carboxylic acids is 1. The van der Waals surface area contributed by atoms with Crippen LogP contribution < -0.4 is 29.3 Å². The molecule has 0 saturated heterocycles. The fourth-order valence-electron chi connectivity index (χ4n) is 0.856. The predicted molar refractivity (Wildman–Crippen MR) is 48.8 cm³/mol. The molecule has 1 amide bonds. The summed E-state index contributed by atoms with van der Waals surface area (Å²) in [5.74, 6) is -1.79. The number of carbonyl (C=O) groups is 2. The van der Waals surface area contributed by atoms with Crippen LogP contribution in [0.15, 0.2) is 24.3 Å². The summed E-state index contributed by atoms with van der Waals surface area (Å²) >= 11 is 5.61. The molecule has 4 nitrogen and oxygen atoms in total. The van der Waals surface area contributed by atoms with Gasteiger partial charge in [-0.25, -0.2) is 0 Å². The molecule has 0 aromatic heterocycles. The number of benzene rings is 1. The van der Waals surface area contributed by atoms with E-state index in [-0.39, 0.29) is 18.9 Å². The van der Waals surface area contributed by atoms with Gasteiger partial charge in [0, 0.05) is 10.6 Å². The van der Waals surface area contributed by atoms with Crippen LogP contribution in [0.4, 0.5) is 0 Å². The molecule has 0 aliphatic carbocycles. The minimum Gasteiger partial charge on any atom is -0.548 e. The molecule has 0 saturated carbocycles. The fraction of sp³-hybridized carbons (Fsp3) is 0.111. The maximum atomic E-state index is 11.2. The van der Waals surface area contributed by atoms with Crippen LogP contribution in [0.25, 0.3) is 0 Å². The predicted octanol–water partition coefficient (Wildman–Crippen LogP) is -3.18. The smallest absolute Gasteiger partial charge is 0.548 e. The maximum Gasteiger partial charge on any atom is 1.00 e. The number of halogens is 1. The first-order valence-corrected chi connectivity index (χ1v) is 4.21. The Morgan fingerprint density at radius 1 is 1.27 bits per heavy atom. The van der Waals surface area contributed by atoms with Crippen LogP contribution >= 0.6 is 11.6 Å². The zero-order valence-electron chi connectivity index (χ0n) is 8.12. The van der Waals surface area contributed by atoms with E-state index in [2.05, 4.69) is 5.32 Å². The molecule has 1 N–H and O–H groups in total. The molecule has 6 heteroatoms. The number of amides is 1. The minimum absolute atomic E-state index is 0. The number of rotatable bonds is 3. The van der Waals surface area contributed by atoms with Gasteiger partial charge in [0.15, 0.2) is 0 Å². The third-order valence-corrected chi connectivity index (χ3v) is 1.75. The summed E-state index contributed by atoms with van der Waals surface area (Å²) in [6.07, 6.45) is 0. The van der Waals surface area contributed by atoms with Gasteiger partial charge in [-0.3, -0.25) is 4.79 Å². The molecule has 1 rings (SSSR count). The van der Waals surface area contributed by atoms with Gasteiger partial charge in [-0.1, -0.05) is 11.6 Å². The van der Waals surface area contributed by atoms with Crippen LogP contribution in [0.1, 0.15) is 10.4 Å². The second kappa shape index (κ2) is 6.52. The van der Waals surface area contributed by atoms with E-state index in [1.807, 2.05) is 0 Å². The van der Waals surface area contributed by atoms with Crippen molar-refractivity contribution in [1.82, 2.24) is 5.32 Å². The molecule has 0 unspecified atom stereocenters. The van der Waals surface area contributed by atoms with Crippen molar-refractivity contribution in [3.05, 3.63) is 34.9 Å². The van der Waals surface area contributed by atoms with E-state index in [0.29, 0.717) is 10.6 Å². The monoisotopic (exact) mass is 219 g/mol. The molecule has 15 heavy (non-hydrogen) atoms. The number of hydrogen-bond donors (Lipinski definition) is 1. The molecule has 0 aliphatic rings. The largest absolute Gasteiger partial charge is 1.00 e. The van der Waals surface area contributed by atoms with Crippen molar-refractivity contribution in [2.75, 3.05) is 6.54 Å². The van der Waals surface area contributed by atoms with Gasteiger partial charge in [0.05, 0.1) is 12.5 Å². The van der Waals surface area contributed by atoms with E-state index in [9.17, 15) is 14.7 Å². The summed E-state index contributed by atoms with van der Waals surface area (Å²) in [7, 11) is 0. The Labute approximate surface area is 104 Å². The Hall–Kier alpha value is -0.953. The Morgan fingerprint density at radius 2 is 1.80 bits per heavy atom. The van der Waals surface area contributed by atoms with Crippen LogP contribution in [0.5, 0.6) is 0 Å². The molecule has 0 bridgehead atoms. The Bertz CT molecular complexity index is 353. The van der Waals surface area contributed by atoms with Gasteiger partial charge in [0.25, 0.3) is 5.91 Å². The quantitative estimate of drug-likeness (QED) is 0.545. The first-order chi connectivity index (χ1) is 6.59. The van der Waals surface area contributed by atoms with Crippen LogP contribution in [-0.4, -0.2) is 18.4 Å². The summed E-state index contributed by atoms with van der Waals surface area (Å²) in [6.45, 7) is -0.499. The van der Waals surface area contributed by atoms with Crippen molar-refractivity contribution >= 4 is 23.5 Å². The zero-order chi connectivity index (χ0) is 10.6. The normalized spacial score (nSPS) is 8.87. The van der Waals surface area contributed by atoms with E-state index >= 15 is 0 Å². The van der Waals surface area contributed by atoms with Crippen molar-refractivity contribution < 1.29 is 33.6 Å². The van der Waals surface area contributed by atoms with Crippen molar-refractivity contribution in [3.63, 3.8) is 0 Å². The van der Waals surface area contributed by atoms with Gasteiger partial charge in [-0.15, -0.1) is 0 Å². The second-order valence-electron chi connectivity index (χ2n) is 2.56. The summed E-state index contributed by atoms with van der Waals surface area (Å²) in [6, 6.07) is 6.12. The fourth-order valence-corrected chi connectivity index (χ4v) is 0.982. The molecule has 0 spiro atoms. The number of carbonyl (C=O) groups excluding carboxylic acids is 2. The van der Waals surface area contributed by atoms with Crippen molar-refractivity contribution in [2.45, 2.75) is 0 Å². The summed E-state index contributed by atoms with van der Waals surface area (Å²) in [4.78, 5) is 21.3. The van der Waals surface area contributed by atoms with Gasteiger partial charge in [0.1, 0.15) is 0 Å². The van der Waals surface area contributed by atoms with Crippen LogP contribution in [0.2, 0.25) is 5.02 Å². The molecule has 1 aromatic rings. The Balaban J connectivity index is 0.00000196. The molecular formula is C9H7ClLiNO3. The van der Waals surface area contributed by atoms with Crippen molar-refractivity contribution in [3.8, 4) is 0 Å². The Kier molecular flexibility index (Phi) is 6.10. The average molecular weight is 220 g/mol. The van der Waals surface area contributed by atoms with E-state index in [0.717, 1.165) is 0 Å². The van der Waals surface area contributed by atoms with E-state index in [1.165, 1.54) is 12.1 Å². The Morgan fingerprint density at radius 3 is 2.27 bits per heavy atom. The van der Waals surface area contributed by atoms with E-state index in [4.69, 9.17) is 11.6 Å². The summed E-state index contributed by atoms with van der Waals surface area (Å²) < 4.78 is 0. The first kappa shape index (κ1) is 14.0. The zero-order valence-corrected chi connectivity index (χ0v) is 8.88. The average Bonchev–Trinajstić information content (AvgIpc) is 2.15. The topological polar surface area (TPSA) is 69.2 Å². The van der Waals surface area contributed by atoms with E-state index < -0.39 is 18.4 Å². The molecular weight excluding hydrogens is 212 g/mol. The van der Waals surface area contributed by atoms with Crippen molar-refractivity contribution in [1.29, 1.82) is 0 Å². The van der Waals surface area contributed by atoms with Gasteiger partial charge < -0.3 is 15.2 Å². The van der Waals surface area contributed by atoms with Crippen LogP contribution in [0.3, 0.4) is 0 Å². The standard InChI is InChI=1S/C9H8ClNO3.Li/c10-7-3-1-6(2-4-7)9(14)11-5-8(12)13;/h1-4H,5H2,(H,11,14)(H,12,13);/q;+1/p-1. The number of hydrogen-bond acceptors (Lipinski definition) is 3. The van der Waals surface area contributed by atoms with Gasteiger partial charge in [0.2, 0.25) is 0 Å².